The highest BCUT2D eigenvalue weighted by molar-refractivity contribution is 5.89. The number of carbonyl (C=O) groups excluding carboxylic acids is 1. The lowest BCUT2D eigenvalue weighted by molar-refractivity contribution is 0.157. The van der Waals surface area contributed by atoms with Crippen LogP contribution in [0.1, 0.15) is 42.6 Å². The summed E-state index contributed by atoms with van der Waals surface area (Å²) in [6.07, 6.45) is 2.34. The van der Waals surface area contributed by atoms with Crippen molar-refractivity contribution in [2.24, 2.45) is 0 Å². The first kappa shape index (κ1) is 20.8. The highest BCUT2D eigenvalue weighted by Gasteiger charge is 2.32. The summed E-state index contributed by atoms with van der Waals surface area (Å²) in [7, 11) is 0. The molecular formula is C22H22F2N4O3. The van der Waals surface area contributed by atoms with Crippen LogP contribution in [0.25, 0.3) is 0 Å². The molecular weight excluding hydrogens is 406 g/mol. The maximum Gasteiger partial charge on any atom is 0.322 e. The van der Waals surface area contributed by atoms with Gasteiger partial charge in [0.05, 0.1) is 11.7 Å². The van der Waals surface area contributed by atoms with Crippen LogP contribution in [-0.4, -0.2) is 27.6 Å². The molecule has 0 saturated carbocycles. The van der Waals surface area contributed by atoms with E-state index in [1.807, 2.05) is 31.2 Å². The smallest absolute Gasteiger partial charge is 0.322 e. The molecule has 31 heavy (non-hydrogen) atoms. The van der Waals surface area contributed by atoms with Crippen molar-refractivity contribution in [2.45, 2.75) is 38.8 Å². The van der Waals surface area contributed by atoms with Crippen LogP contribution in [0.3, 0.4) is 0 Å². The van der Waals surface area contributed by atoms with Crippen LogP contribution < -0.4 is 10.1 Å². The van der Waals surface area contributed by atoms with E-state index in [9.17, 15) is 13.6 Å². The van der Waals surface area contributed by atoms with Gasteiger partial charge in [0, 0.05) is 12.6 Å². The van der Waals surface area contributed by atoms with Gasteiger partial charge in [0.15, 0.2) is 12.4 Å². The van der Waals surface area contributed by atoms with Gasteiger partial charge in [-0.05, 0) is 50.5 Å². The monoisotopic (exact) mass is 428 g/mol. The number of aromatic nitrogens is 2. The van der Waals surface area contributed by atoms with E-state index in [0.29, 0.717) is 30.4 Å². The van der Waals surface area contributed by atoms with Crippen molar-refractivity contribution < 1.29 is 22.8 Å². The topological polar surface area (TPSA) is 80.5 Å². The van der Waals surface area contributed by atoms with Gasteiger partial charge >= 0.3 is 6.03 Å². The van der Waals surface area contributed by atoms with E-state index in [0.717, 1.165) is 30.5 Å². The van der Waals surface area contributed by atoms with Gasteiger partial charge in [0.2, 0.25) is 0 Å². The number of aryl methyl sites for hydroxylation is 1. The molecule has 1 unspecified atom stereocenters. The molecule has 3 aromatic rings. The Kier molecular flexibility index (Phi) is 6.11. The maximum absolute atomic E-state index is 13.9. The quantitative estimate of drug-likeness (QED) is 0.619. The molecule has 0 bridgehead atoms. The first-order valence-electron chi connectivity index (χ1n) is 10.0. The molecule has 2 amide bonds. The Balaban J connectivity index is 1.43. The van der Waals surface area contributed by atoms with Crippen molar-refractivity contribution >= 4 is 11.7 Å². The van der Waals surface area contributed by atoms with Gasteiger partial charge in [-0.3, -0.25) is 0 Å². The summed E-state index contributed by atoms with van der Waals surface area (Å²) in [4.78, 5) is 18.7. The van der Waals surface area contributed by atoms with E-state index in [1.54, 1.807) is 4.90 Å². The van der Waals surface area contributed by atoms with Gasteiger partial charge in [-0.2, -0.15) is 4.98 Å². The molecule has 162 valence electrons. The Bertz CT molecular complexity index is 1060. The summed E-state index contributed by atoms with van der Waals surface area (Å²) in [6, 6.07) is 9.69. The van der Waals surface area contributed by atoms with Crippen molar-refractivity contribution in [1.82, 2.24) is 15.0 Å². The number of rotatable bonds is 5. The fourth-order valence-electron chi connectivity index (χ4n) is 3.46. The second kappa shape index (κ2) is 9.11. The average molecular weight is 428 g/mol. The van der Waals surface area contributed by atoms with E-state index < -0.39 is 23.7 Å². The molecule has 0 aliphatic carbocycles. The molecule has 7 nitrogen and oxygen atoms in total. The number of likely N-dealkylation sites (tertiary alicyclic amines) is 1. The molecule has 9 heteroatoms. The molecule has 4 rings (SSSR count). The van der Waals surface area contributed by atoms with E-state index in [4.69, 9.17) is 9.26 Å². The van der Waals surface area contributed by atoms with Gasteiger partial charge in [-0.1, -0.05) is 22.9 Å². The van der Waals surface area contributed by atoms with Crippen LogP contribution >= 0.6 is 0 Å². The first-order valence-corrected chi connectivity index (χ1v) is 10.0. The third-order valence-electron chi connectivity index (χ3n) is 5.10. The minimum absolute atomic E-state index is 0.0870. The van der Waals surface area contributed by atoms with Crippen LogP contribution in [0.5, 0.6) is 5.75 Å². The minimum Gasteiger partial charge on any atom is -0.484 e. The number of benzene rings is 2. The maximum atomic E-state index is 13.9. The second-order valence-corrected chi connectivity index (χ2v) is 7.41. The molecule has 0 spiro atoms. The molecule has 1 aliphatic rings. The Hall–Kier alpha value is -3.49. The zero-order chi connectivity index (χ0) is 21.8. The van der Waals surface area contributed by atoms with E-state index in [-0.39, 0.29) is 12.3 Å². The number of nitrogens with zero attached hydrogens (tertiary/aromatic N) is 3. The van der Waals surface area contributed by atoms with Gasteiger partial charge in [0.1, 0.15) is 17.4 Å². The van der Waals surface area contributed by atoms with Crippen molar-refractivity contribution in [2.75, 3.05) is 11.9 Å². The fourth-order valence-corrected chi connectivity index (χ4v) is 3.46. The van der Waals surface area contributed by atoms with Crippen molar-refractivity contribution in [1.29, 1.82) is 0 Å². The second-order valence-electron chi connectivity index (χ2n) is 7.41. The normalized spacial score (nSPS) is 16.2. The molecule has 0 radical (unpaired) electrons. The largest absolute Gasteiger partial charge is 0.484 e. The number of urea groups is 1. The van der Waals surface area contributed by atoms with Gasteiger partial charge in [-0.25, -0.2) is 13.6 Å². The van der Waals surface area contributed by atoms with Crippen molar-refractivity contribution in [3.63, 3.8) is 0 Å². The lowest BCUT2D eigenvalue weighted by atomic mass is 10.0. The van der Waals surface area contributed by atoms with Crippen LogP contribution in [0, 0.1) is 18.6 Å². The van der Waals surface area contributed by atoms with Crippen molar-refractivity contribution in [3.8, 4) is 5.75 Å². The van der Waals surface area contributed by atoms with Gasteiger partial charge < -0.3 is 19.5 Å². The molecule has 2 heterocycles. The van der Waals surface area contributed by atoms with E-state index in [2.05, 4.69) is 15.5 Å². The van der Waals surface area contributed by atoms with E-state index in [1.165, 1.54) is 6.07 Å². The predicted molar refractivity (Wildman–Crippen MR) is 108 cm³/mol. The number of nitrogens with one attached hydrogen (secondary N) is 1. The zero-order valence-corrected chi connectivity index (χ0v) is 17.0. The predicted octanol–water partition coefficient (Wildman–Crippen LogP) is 4.99. The Morgan fingerprint density at radius 1 is 1.23 bits per heavy atom. The third kappa shape index (κ3) is 4.99. The minimum atomic E-state index is -0.836. The van der Waals surface area contributed by atoms with Crippen LogP contribution in [0.15, 0.2) is 47.0 Å². The average Bonchev–Trinajstić information content (AvgIpc) is 3.24. The van der Waals surface area contributed by atoms with E-state index >= 15 is 0 Å². The Labute approximate surface area is 178 Å². The number of anilines is 1. The molecule has 1 aromatic heterocycles. The summed E-state index contributed by atoms with van der Waals surface area (Å²) in [5.74, 6) is -0.191. The molecule has 1 atom stereocenters. The number of piperidine rings is 1. The molecule has 1 fully saturated rings. The standard InChI is InChI=1S/C22H22F2N4O3/c1-14-5-8-16(9-6-14)30-13-20-26-21(27-31-20)19-4-2-3-11-28(19)22(29)25-18-10-7-15(23)12-17(18)24/h5-10,12,19H,2-4,11,13H2,1H3,(H,25,29). The molecule has 1 aliphatic heterocycles. The van der Waals surface area contributed by atoms with Gasteiger partial charge in [-0.15, -0.1) is 0 Å². The lowest BCUT2D eigenvalue weighted by Crippen LogP contribution is -2.41. The SMILES string of the molecule is Cc1ccc(OCc2nc(C3CCCCN3C(=O)Nc3ccc(F)cc3F)no2)cc1. The molecule has 1 N–H and O–H groups in total. The number of halogens is 2. The number of amides is 2. The highest BCUT2D eigenvalue weighted by Crippen LogP contribution is 2.30. The number of hydrogen-bond donors (Lipinski definition) is 1. The van der Waals surface area contributed by atoms with Crippen LogP contribution in [0.2, 0.25) is 0 Å². The Morgan fingerprint density at radius 3 is 2.81 bits per heavy atom. The Morgan fingerprint density at radius 2 is 2.03 bits per heavy atom. The number of ether oxygens (including phenoxy) is 1. The lowest BCUT2D eigenvalue weighted by Gasteiger charge is -2.33. The summed E-state index contributed by atoms with van der Waals surface area (Å²) >= 11 is 0. The molecule has 2 aromatic carbocycles. The fraction of sp³-hybridized carbons (Fsp3) is 0.318. The van der Waals surface area contributed by atoms with Crippen LogP contribution in [-0.2, 0) is 6.61 Å². The van der Waals surface area contributed by atoms with Crippen molar-refractivity contribution in [3.05, 3.63) is 71.4 Å². The van der Waals surface area contributed by atoms with Gasteiger partial charge in [0.25, 0.3) is 5.89 Å². The molecule has 1 saturated heterocycles. The first-order chi connectivity index (χ1) is 15.0. The third-order valence-corrected chi connectivity index (χ3v) is 5.10. The summed E-state index contributed by atoms with van der Waals surface area (Å²) in [6.45, 7) is 2.56. The summed E-state index contributed by atoms with van der Waals surface area (Å²) in [5, 5.41) is 6.52. The number of hydrogen-bond acceptors (Lipinski definition) is 5. The summed E-state index contributed by atoms with van der Waals surface area (Å²) < 4.78 is 38.0. The summed E-state index contributed by atoms with van der Waals surface area (Å²) in [5.41, 5.74) is 1.04. The zero-order valence-electron chi connectivity index (χ0n) is 17.0. The number of carbonyl (C=O) groups is 1. The van der Waals surface area contributed by atoms with Crippen LogP contribution in [0.4, 0.5) is 19.3 Å². The highest BCUT2D eigenvalue weighted by atomic mass is 19.1.